The Kier molecular flexibility index (Phi) is 7.44. The number of piperidine rings is 2. The zero-order valence-corrected chi connectivity index (χ0v) is 19.8. The third kappa shape index (κ3) is 5.27. The van der Waals surface area contributed by atoms with Gasteiger partial charge in [-0.25, -0.2) is 14.8 Å². The molecule has 34 heavy (non-hydrogen) atoms. The fraction of sp³-hybridized carbons (Fsp3) is 0.750. The van der Waals surface area contributed by atoms with E-state index in [1.165, 1.54) is 0 Å². The molecular weight excluding hydrogens is 436 g/mol. The number of ether oxygens (including phenoxy) is 2. The van der Waals surface area contributed by atoms with Gasteiger partial charge in [-0.3, -0.25) is 4.79 Å². The highest BCUT2D eigenvalue weighted by Crippen LogP contribution is 2.25. The van der Waals surface area contributed by atoms with Crippen molar-refractivity contribution in [2.45, 2.75) is 69.2 Å². The standard InChI is InChI=1S/C24H36N6O4/c31-22(21-6-2-16-33-21)27-19-5-1-13-30(24(32)29-11-4-12-29)20(19)17-34-18-7-14-28(15-8-18)23-25-9-3-10-26-23/h3,9-10,18-21H,1-2,4-8,11-17H2,(H,27,31)/t19-,20-,21-/m0/s1. The minimum Gasteiger partial charge on any atom is -0.376 e. The molecule has 5 heterocycles. The van der Waals surface area contributed by atoms with Crippen molar-refractivity contribution < 1.29 is 19.1 Å². The second-order valence-corrected chi connectivity index (χ2v) is 9.71. The van der Waals surface area contributed by atoms with Gasteiger partial charge in [0.15, 0.2) is 0 Å². The van der Waals surface area contributed by atoms with Crippen molar-refractivity contribution in [1.29, 1.82) is 0 Å². The molecule has 0 aliphatic carbocycles. The van der Waals surface area contributed by atoms with E-state index in [4.69, 9.17) is 9.47 Å². The van der Waals surface area contributed by atoms with E-state index in [1.54, 1.807) is 12.4 Å². The first-order valence-electron chi connectivity index (χ1n) is 12.8. The van der Waals surface area contributed by atoms with Crippen molar-refractivity contribution in [2.24, 2.45) is 0 Å². The zero-order chi connectivity index (χ0) is 23.3. The average molecular weight is 473 g/mol. The summed E-state index contributed by atoms with van der Waals surface area (Å²) < 4.78 is 12.0. The Morgan fingerprint density at radius 3 is 2.47 bits per heavy atom. The van der Waals surface area contributed by atoms with Gasteiger partial charge in [0.1, 0.15) is 6.10 Å². The number of nitrogens with zero attached hydrogens (tertiary/aromatic N) is 5. The lowest BCUT2D eigenvalue weighted by Gasteiger charge is -2.45. The molecule has 4 fully saturated rings. The molecule has 4 aliphatic heterocycles. The molecule has 0 bridgehead atoms. The number of aromatic nitrogens is 2. The second kappa shape index (κ2) is 10.9. The number of carbonyl (C=O) groups is 2. The van der Waals surface area contributed by atoms with E-state index < -0.39 is 0 Å². The summed E-state index contributed by atoms with van der Waals surface area (Å²) in [5, 5.41) is 3.21. The van der Waals surface area contributed by atoms with Gasteiger partial charge in [-0.2, -0.15) is 0 Å². The lowest BCUT2D eigenvalue weighted by molar-refractivity contribution is -0.132. The Balaban J connectivity index is 1.20. The Labute approximate surface area is 201 Å². The number of hydrogen-bond donors (Lipinski definition) is 1. The fourth-order valence-electron chi connectivity index (χ4n) is 5.33. The van der Waals surface area contributed by atoms with Crippen LogP contribution < -0.4 is 10.2 Å². The summed E-state index contributed by atoms with van der Waals surface area (Å²) in [6.45, 7) is 5.10. The first kappa shape index (κ1) is 23.3. The van der Waals surface area contributed by atoms with Gasteiger partial charge in [0.25, 0.3) is 0 Å². The highest BCUT2D eigenvalue weighted by Gasteiger charge is 2.40. The molecular formula is C24H36N6O4. The van der Waals surface area contributed by atoms with Crippen LogP contribution in [-0.2, 0) is 14.3 Å². The summed E-state index contributed by atoms with van der Waals surface area (Å²) in [6, 6.07) is 1.62. The average Bonchev–Trinajstić information content (AvgIpc) is 3.38. The number of carbonyl (C=O) groups excluding carboxylic acids is 2. The number of likely N-dealkylation sites (tertiary alicyclic amines) is 2. The molecule has 10 heteroatoms. The van der Waals surface area contributed by atoms with Crippen LogP contribution in [0.1, 0.15) is 44.9 Å². The number of rotatable bonds is 6. The van der Waals surface area contributed by atoms with E-state index in [0.29, 0.717) is 19.8 Å². The zero-order valence-electron chi connectivity index (χ0n) is 19.8. The normalized spacial score (nSPS) is 28.0. The predicted molar refractivity (Wildman–Crippen MR) is 125 cm³/mol. The maximum Gasteiger partial charge on any atom is 0.320 e. The lowest BCUT2D eigenvalue weighted by atomic mass is 9.95. The molecule has 0 unspecified atom stereocenters. The molecule has 5 rings (SSSR count). The van der Waals surface area contributed by atoms with Crippen molar-refractivity contribution >= 4 is 17.9 Å². The number of urea groups is 1. The molecule has 0 radical (unpaired) electrons. The molecule has 3 atom stereocenters. The van der Waals surface area contributed by atoms with Crippen LogP contribution in [0.25, 0.3) is 0 Å². The van der Waals surface area contributed by atoms with E-state index in [1.807, 2.05) is 15.9 Å². The third-order valence-corrected chi connectivity index (χ3v) is 7.48. The van der Waals surface area contributed by atoms with Crippen molar-refractivity contribution in [2.75, 3.05) is 50.8 Å². The Bertz CT molecular complexity index is 824. The summed E-state index contributed by atoms with van der Waals surface area (Å²) in [7, 11) is 0. The molecule has 0 aromatic carbocycles. The van der Waals surface area contributed by atoms with Crippen LogP contribution in [0.3, 0.4) is 0 Å². The second-order valence-electron chi connectivity index (χ2n) is 9.71. The highest BCUT2D eigenvalue weighted by atomic mass is 16.5. The van der Waals surface area contributed by atoms with Gasteiger partial charge in [0.2, 0.25) is 11.9 Å². The number of amides is 3. The van der Waals surface area contributed by atoms with Crippen LogP contribution in [-0.4, -0.2) is 102 Å². The van der Waals surface area contributed by atoms with E-state index in [0.717, 1.165) is 77.1 Å². The van der Waals surface area contributed by atoms with Gasteiger partial charge < -0.3 is 29.5 Å². The van der Waals surface area contributed by atoms with Gasteiger partial charge in [-0.15, -0.1) is 0 Å². The van der Waals surface area contributed by atoms with Gasteiger partial charge in [0.05, 0.1) is 24.8 Å². The smallest absolute Gasteiger partial charge is 0.320 e. The molecule has 10 nitrogen and oxygen atoms in total. The van der Waals surface area contributed by atoms with E-state index >= 15 is 0 Å². The van der Waals surface area contributed by atoms with Gasteiger partial charge >= 0.3 is 6.03 Å². The summed E-state index contributed by atoms with van der Waals surface area (Å²) in [5.41, 5.74) is 0. The summed E-state index contributed by atoms with van der Waals surface area (Å²) >= 11 is 0. The first-order chi connectivity index (χ1) is 16.7. The molecule has 1 N–H and O–H groups in total. The van der Waals surface area contributed by atoms with Crippen molar-refractivity contribution in [1.82, 2.24) is 25.1 Å². The Morgan fingerprint density at radius 1 is 1.00 bits per heavy atom. The summed E-state index contributed by atoms with van der Waals surface area (Å²) in [5.74, 6) is 0.707. The minimum absolute atomic E-state index is 0.0538. The molecule has 1 aromatic rings. The van der Waals surface area contributed by atoms with Gasteiger partial charge in [-0.1, -0.05) is 0 Å². The van der Waals surface area contributed by atoms with Crippen molar-refractivity contribution in [3.05, 3.63) is 18.5 Å². The van der Waals surface area contributed by atoms with Crippen LogP contribution in [0.5, 0.6) is 0 Å². The number of nitrogens with one attached hydrogen (secondary N) is 1. The maximum absolute atomic E-state index is 13.2. The van der Waals surface area contributed by atoms with Gasteiger partial charge in [0, 0.05) is 51.7 Å². The van der Waals surface area contributed by atoms with E-state index in [2.05, 4.69) is 20.2 Å². The highest BCUT2D eigenvalue weighted by molar-refractivity contribution is 5.81. The Hall–Kier alpha value is -2.46. The van der Waals surface area contributed by atoms with Crippen LogP contribution >= 0.6 is 0 Å². The minimum atomic E-state index is -0.368. The summed E-state index contributed by atoms with van der Waals surface area (Å²) in [6.07, 6.45) is 9.53. The molecule has 186 valence electrons. The van der Waals surface area contributed by atoms with E-state index in [9.17, 15) is 9.59 Å². The van der Waals surface area contributed by atoms with Crippen molar-refractivity contribution in [3.8, 4) is 0 Å². The lowest BCUT2D eigenvalue weighted by Crippen LogP contribution is -2.63. The van der Waals surface area contributed by atoms with Crippen LogP contribution in [0.15, 0.2) is 18.5 Å². The predicted octanol–water partition coefficient (Wildman–Crippen LogP) is 1.42. The molecule has 1 aromatic heterocycles. The quantitative estimate of drug-likeness (QED) is 0.668. The molecule has 4 aliphatic rings. The van der Waals surface area contributed by atoms with Crippen molar-refractivity contribution in [3.63, 3.8) is 0 Å². The molecule has 0 saturated carbocycles. The molecule has 0 spiro atoms. The molecule has 4 saturated heterocycles. The molecule has 3 amide bonds. The third-order valence-electron chi connectivity index (χ3n) is 7.48. The number of anilines is 1. The maximum atomic E-state index is 13.2. The topological polar surface area (TPSA) is 100 Å². The fourth-order valence-corrected chi connectivity index (χ4v) is 5.33. The summed E-state index contributed by atoms with van der Waals surface area (Å²) in [4.78, 5) is 40.7. The van der Waals surface area contributed by atoms with Crippen LogP contribution in [0.4, 0.5) is 10.7 Å². The van der Waals surface area contributed by atoms with Crippen LogP contribution in [0.2, 0.25) is 0 Å². The Morgan fingerprint density at radius 2 is 1.79 bits per heavy atom. The van der Waals surface area contributed by atoms with Crippen LogP contribution in [0, 0.1) is 0 Å². The number of hydrogen-bond acceptors (Lipinski definition) is 7. The SMILES string of the molecule is O=C(N[C@H]1CCCN(C(=O)N2CCC2)[C@H]1COC1CCN(c2ncccn2)CC1)[C@@H]1CCCO1. The van der Waals surface area contributed by atoms with E-state index in [-0.39, 0.29) is 36.2 Å². The van der Waals surface area contributed by atoms with Gasteiger partial charge in [-0.05, 0) is 51.0 Å². The monoisotopic (exact) mass is 472 g/mol. The largest absolute Gasteiger partial charge is 0.376 e. The first-order valence-corrected chi connectivity index (χ1v) is 12.8.